The molecule has 1 N–H and O–H groups in total. The van der Waals surface area contributed by atoms with Gasteiger partial charge in [0.25, 0.3) is 0 Å². The van der Waals surface area contributed by atoms with Gasteiger partial charge in [0, 0.05) is 11.8 Å². The molecule has 0 fully saturated rings. The van der Waals surface area contributed by atoms with Crippen LogP contribution >= 0.6 is 0 Å². The maximum atomic E-state index is 10.7. The van der Waals surface area contributed by atoms with Gasteiger partial charge in [-0.3, -0.25) is 0 Å². The molecule has 0 saturated heterocycles. The van der Waals surface area contributed by atoms with Crippen LogP contribution in [0, 0.1) is 0 Å². The van der Waals surface area contributed by atoms with E-state index in [1.807, 2.05) is 30.3 Å². The van der Waals surface area contributed by atoms with Gasteiger partial charge in [0.2, 0.25) is 5.82 Å². The molecule has 0 saturated carbocycles. The first-order valence-electron chi connectivity index (χ1n) is 5.82. The molecule has 100 valence electrons. The van der Waals surface area contributed by atoms with Crippen molar-refractivity contribution in [2.75, 3.05) is 0 Å². The highest BCUT2D eigenvalue weighted by molar-refractivity contribution is 5.84. The third-order valence-corrected chi connectivity index (χ3v) is 2.62. The number of carboxylic acids is 1. The fourth-order valence-electron chi connectivity index (χ4n) is 1.69. The van der Waals surface area contributed by atoms with Gasteiger partial charge in [-0.2, -0.15) is 5.10 Å². The minimum absolute atomic E-state index is 0.0200. The van der Waals surface area contributed by atoms with Crippen LogP contribution in [0.2, 0.25) is 0 Å². The van der Waals surface area contributed by atoms with Gasteiger partial charge in [-0.05, 0) is 11.3 Å². The molecule has 3 rings (SSSR count). The monoisotopic (exact) mass is 270 g/mol. The van der Waals surface area contributed by atoms with Gasteiger partial charge in [-0.1, -0.05) is 30.3 Å². The van der Waals surface area contributed by atoms with Crippen molar-refractivity contribution in [2.45, 2.75) is 6.67 Å². The Morgan fingerprint density at radius 1 is 1.15 bits per heavy atom. The largest absolute Gasteiger partial charge is 0.476 e. The number of nitrogens with zero attached hydrogens (tertiary/aromatic N) is 6. The summed E-state index contributed by atoms with van der Waals surface area (Å²) in [5.41, 5.74) is 0.846. The average molecular weight is 270 g/mol. The first-order valence-corrected chi connectivity index (χ1v) is 5.82. The van der Waals surface area contributed by atoms with Crippen molar-refractivity contribution in [1.29, 1.82) is 0 Å². The van der Waals surface area contributed by atoms with E-state index in [1.54, 1.807) is 6.20 Å². The van der Waals surface area contributed by atoms with E-state index < -0.39 is 5.97 Å². The number of tetrazole rings is 1. The van der Waals surface area contributed by atoms with E-state index in [2.05, 4.69) is 20.5 Å². The van der Waals surface area contributed by atoms with Crippen LogP contribution in [-0.4, -0.2) is 41.1 Å². The number of carboxylic acid groups (broad SMARTS) is 1. The summed E-state index contributed by atoms with van der Waals surface area (Å²) in [6.07, 6.45) is 1.55. The minimum atomic E-state index is -1.07. The highest BCUT2D eigenvalue weighted by atomic mass is 16.4. The molecule has 8 nitrogen and oxygen atoms in total. The van der Waals surface area contributed by atoms with E-state index in [1.165, 1.54) is 15.5 Å². The van der Waals surface area contributed by atoms with Crippen molar-refractivity contribution in [3.05, 3.63) is 48.3 Å². The molecule has 2 aromatic heterocycles. The second kappa shape index (κ2) is 4.92. The van der Waals surface area contributed by atoms with E-state index in [9.17, 15) is 4.79 Å². The maximum absolute atomic E-state index is 10.7. The zero-order valence-corrected chi connectivity index (χ0v) is 10.3. The molecule has 3 aromatic rings. The minimum Gasteiger partial charge on any atom is -0.476 e. The van der Waals surface area contributed by atoms with Crippen LogP contribution in [0.4, 0.5) is 0 Å². The van der Waals surface area contributed by atoms with Gasteiger partial charge in [0.1, 0.15) is 0 Å². The van der Waals surface area contributed by atoms with Gasteiger partial charge in [0.15, 0.2) is 12.4 Å². The van der Waals surface area contributed by atoms with Crippen LogP contribution in [0.25, 0.3) is 11.4 Å². The Morgan fingerprint density at radius 3 is 2.65 bits per heavy atom. The molecule has 0 aliphatic rings. The Hall–Kier alpha value is -3.03. The summed E-state index contributed by atoms with van der Waals surface area (Å²) in [7, 11) is 0. The lowest BCUT2D eigenvalue weighted by molar-refractivity contribution is 0.0689. The molecule has 0 aliphatic carbocycles. The maximum Gasteiger partial charge on any atom is 0.356 e. The second-order valence-corrected chi connectivity index (χ2v) is 4.04. The molecule has 0 radical (unpaired) electrons. The molecule has 0 aliphatic heterocycles. The summed E-state index contributed by atoms with van der Waals surface area (Å²) >= 11 is 0. The number of carbonyl (C=O) groups is 1. The molecule has 0 amide bonds. The van der Waals surface area contributed by atoms with Crippen LogP contribution in [0.5, 0.6) is 0 Å². The lowest BCUT2D eigenvalue weighted by Gasteiger charge is -1.98. The Kier molecular flexibility index (Phi) is 2.96. The highest BCUT2D eigenvalue weighted by Crippen LogP contribution is 2.11. The number of benzene rings is 1. The first-order chi connectivity index (χ1) is 9.72. The molecular formula is C12H10N6O2. The van der Waals surface area contributed by atoms with Crippen molar-refractivity contribution in [1.82, 2.24) is 30.0 Å². The highest BCUT2D eigenvalue weighted by Gasteiger charge is 2.09. The third kappa shape index (κ3) is 2.39. The molecular weight excluding hydrogens is 260 g/mol. The molecule has 2 heterocycles. The summed E-state index contributed by atoms with van der Waals surface area (Å²) in [5, 5.41) is 24.7. The Labute approximate surface area is 113 Å². The summed E-state index contributed by atoms with van der Waals surface area (Å²) in [4.78, 5) is 12.1. The summed E-state index contributed by atoms with van der Waals surface area (Å²) in [6, 6.07) is 10.9. The van der Waals surface area contributed by atoms with Gasteiger partial charge < -0.3 is 5.11 Å². The summed E-state index contributed by atoms with van der Waals surface area (Å²) in [5.74, 6) is -0.559. The lowest BCUT2D eigenvalue weighted by Crippen LogP contribution is -2.12. The third-order valence-electron chi connectivity index (χ3n) is 2.62. The Bertz CT molecular complexity index is 733. The fourth-order valence-corrected chi connectivity index (χ4v) is 1.69. The molecule has 0 spiro atoms. The smallest absolute Gasteiger partial charge is 0.356 e. The van der Waals surface area contributed by atoms with Gasteiger partial charge in [0.05, 0.1) is 0 Å². The molecule has 0 bridgehead atoms. The topological polar surface area (TPSA) is 98.7 Å². The predicted octanol–water partition coefficient (Wildman–Crippen LogP) is 0.741. The number of rotatable bonds is 4. The SMILES string of the molecule is O=C(O)c1ccn(Cn2nnc(-c3ccccc3)n2)n1. The van der Waals surface area contributed by atoms with E-state index in [0.29, 0.717) is 5.82 Å². The molecule has 20 heavy (non-hydrogen) atoms. The number of aromatic nitrogens is 6. The number of hydrogen-bond acceptors (Lipinski definition) is 5. The lowest BCUT2D eigenvalue weighted by atomic mass is 10.2. The Balaban J connectivity index is 1.78. The van der Waals surface area contributed by atoms with Crippen molar-refractivity contribution < 1.29 is 9.90 Å². The average Bonchev–Trinajstić information content (AvgIpc) is 3.10. The van der Waals surface area contributed by atoms with Crippen molar-refractivity contribution in [3.63, 3.8) is 0 Å². The van der Waals surface area contributed by atoms with E-state index in [4.69, 9.17) is 5.11 Å². The van der Waals surface area contributed by atoms with E-state index >= 15 is 0 Å². The predicted molar refractivity (Wildman–Crippen MR) is 67.8 cm³/mol. The van der Waals surface area contributed by atoms with Crippen LogP contribution in [0.1, 0.15) is 10.5 Å². The van der Waals surface area contributed by atoms with Crippen LogP contribution < -0.4 is 0 Å². The van der Waals surface area contributed by atoms with E-state index in [-0.39, 0.29) is 12.4 Å². The van der Waals surface area contributed by atoms with Crippen LogP contribution in [0.3, 0.4) is 0 Å². The summed E-state index contributed by atoms with van der Waals surface area (Å²) < 4.78 is 1.43. The molecule has 0 unspecified atom stereocenters. The van der Waals surface area contributed by atoms with Crippen molar-refractivity contribution >= 4 is 5.97 Å². The van der Waals surface area contributed by atoms with Crippen molar-refractivity contribution in [2.24, 2.45) is 0 Å². The van der Waals surface area contributed by atoms with Gasteiger partial charge in [-0.15, -0.1) is 15.0 Å². The zero-order valence-electron chi connectivity index (χ0n) is 10.3. The number of aromatic carboxylic acids is 1. The normalized spacial score (nSPS) is 10.6. The number of hydrogen-bond donors (Lipinski definition) is 1. The summed E-state index contributed by atoms with van der Waals surface area (Å²) in [6.45, 7) is 0.202. The zero-order chi connectivity index (χ0) is 13.9. The fraction of sp³-hybridized carbons (Fsp3) is 0.0833. The van der Waals surface area contributed by atoms with Crippen molar-refractivity contribution in [3.8, 4) is 11.4 Å². The van der Waals surface area contributed by atoms with Crippen LogP contribution in [0.15, 0.2) is 42.6 Å². The molecule has 1 aromatic carbocycles. The quantitative estimate of drug-likeness (QED) is 0.750. The van der Waals surface area contributed by atoms with Gasteiger partial charge >= 0.3 is 5.97 Å². The Morgan fingerprint density at radius 2 is 1.95 bits per heavy atom. The molecule has 0 atom stereocenters. The standard InChI is InChI=1S/C12H10N6O2/c19-12(20)10-6-7-17(14-10)8-18-15-11(13-16-18)9-4-2-1-3-5-9/h1-7H,8H2,(H,19,20). The first kappa shape index (κ1) is 12.0. The van der Waals surface area contributed by atoms with Gasteiger partial charge in [-0.25, -0.2) is 9.48 Å². The molecule has 8 heteroatoms. The van der Waals surface area contributed by atoms with Crippen LogP contribution in [-0.2, 0) is 6.67 Å². The van der Waals surface area contributed by atoms with E-state index in [0.717, 1.165) is 5.56 Å². The second-order valence-electron chi connectivity index (χ2n) is 4.04.